The van der Waals surface area contributed by atoms with Crippen molar-refractivity contribution < 1.29 is 8.78 Å². The first-order valence-electron chi connectivity index (χ1n) is 4.09. The highest BCUT2D eigenvalue weighted by molar-refractivity contribution is 6.17. The van der Waals surface area contributed by atoms with Crippen molar-refractivity contribution in [3.05, 3.63) is 23.0 Å². The Morgan fingerprint density at radius 1 is 1.53 bits per heavy atom. The molecule has 0 aliphatic carbocycles. The van der Waals surface area contributed by atoms with Gasteiger partial charge in [0.15, 0.2) is 0 Å². The van der Waals surface area contributed by atoms with E-state index < -0.39 is 12.1 Å². The van der Waals surface area contributed by atoms with E-state index in [-0.39, 0.29) is 23.6 Å². The molecule has 0 spiro atoms. The van der Waals surface area contributed by atoms with E-state index in [4.69, 9.17) is 22.6 Å². The number of aromatic nitrogens is 1. The van der Waals surface area contributed by atoms with Gasteiger partial charge in [-0.05, 0) is 5.56 Å². The Morgan fingerprint density at radius 3 is 2.67 bits per heavy atom. The summed E-state index contributed by atoms with van der Waals surface area (Å²) in [6, 6.07) is 1.79. The minimum Gasteiger partial charge on any atom is -0.397 e. The van der Waals surface area contributed by atoms with Gasteiger partial charge in [0, 0.05) is 11.4 Å². The number of nitrogen functional groups attached to an aromatic ring is 1. The van der Waals surface area contributed by atoms with Gasteiger partial charge < -0.3 is 5.73 Å². The normalized spacial score (nSPS) is 10.3. The molecule has 0 unspecified atom stereocenters. The lowest BCUT2D eigenvalue weighted by Gasteiger charge is -2.11. The minimum absolute atomic E-state index is 0.00884. The van der Waals surface area contributed by atoms with E-state index in [2.05, 4.69) is 4.98 Å². The molecule has 0 aromatic carbocycles. The summed E-state index contributed by atoms with van der Waals surface area (Å²) in [5.41, 5.74) is 5.86. The Hall–Kier alpha value is -1.41. The molecule has 1 heterocycles. The summed E-state index contributed by atoms with van der Waals surface area (Å²) in [5, 5.41) is 8.53. The van der Waals surface area contributed by atoms with Crippen LogP contribution in [0.3, 0.4) is 0 Å². The van der Waals surface area contributed by atoms with Crippen LogP contribution >= 0.6 is 11.6 Å². The Kier molecular flexibility index (Phi) is 3.81. The van der Waals surface area contributed by atoms with Gasteiger partial charge in [0.1, 0.15) is 5.69 Å². The van der Waals surface area contributed by atoms with Crippen LogP contribution in [0.25, 0.3) is 0 Å². The number of rotatable bonds is 3. The third-order valence-electron chi connectivity index (χ3n) is 1.96. The largest absolute Gasteiger partial charge is 0.397 e. The molecule has 3 nitrogen and oxygen atoms in total. The van der Waals surface area contributed by atoms with E-state index in [0.717, 1.165) is 6.20 Å². The van der Waals surface area contributed by atoms with E-state index in [1.165, 1.54) is 0 Å². The summed E-state index contributed by atoms with van der Waals surface area (Å²) in [6.45, 7) is 0. The zero-order valence-corrected chi connectivity index (χ0v) is 8.43. The predicted octanol–water partition coefficient (Wildman–Crippen LogP) is 2.41. The smallest absolute Gasteiger partial charge is 0.280 e. The molecule has 0 radical (unpaired) electrons. The third kappa shape index (κ3) is 2.34. The van der Waals surface area contributed by atoms with Crippen molar-refractivity contribution in [1.82, 2.24) is 4.98 Å². The zero-order valence-electron chi connectivity index (χ0n) is 7.67. The van der Waals surface area contributed by atoms with Crippen LogP contribution in [0.2, 0.25) is 0 Å². The molecule has 0 bridgehead atoms. The van der Waals surface area contributed by atoms with Gasteiger partial charge in [0.2, 0.25) is 0 Å². The van der Waals surface area contributed by atoms with Crippen LogP contribution in [-0.2, 0) is 12.3 Å². The summed E-state index contributed by atoms with van der Waals surface area (Å²) >= 11 is 5.59. The van der Waals surface area contributed by atoms with Gasteiger partial charge in [0.05, 0.1) is 24.4 Å². The molecule has 15 heavy (non-hydrogen) atoms. The van der Waals surface area contributed by atoms with Crippen LogP contribution in [0.4, 0.5) is 14.5 Å². The van der Waals surface area contributed by atoms with Gasteiger partial charge >= 0.3 is 0 Å². The number of pyridine rings is 1. The Morgan fingerprint density at radius 2 is 2.20 bits per heavy atom. The number of nitrogens with two attached hydrogens (primary N) is 1. The molecule has 0 atom stereocenters. The molecule has 1 rings (SSSR count). The average molecular weight is 232 g/mol. The van der Waals surface area contributed by atoms with Crippen LogP contribution in [0.5, 0.6) is 0 Å². The molecule has 2 N–H and O–H groups in total. The fraction of sp³-hybridized carbons (Fsp3) is 0.333. The molecule has 0 saturated carbocycles. The quantitative estimate of drug-likeness (QED) is 0.813. The maximum atomic E-state index is 12.5. The van der Waals surface area contributed by atoms with E-state index in [1.807, 2.05) is 0 Å². The Bertz CT molecular complexity index is 401. The number of hydrogen-bond acceptors (Lipinski definition) is 3. The van der Waals surface area contributed by atoms with Crippen LogP contribution in [-0.4, -0.2) is 4.98 Å². The van der Waals surface area contributed by atoms with Crippen LogP contribution < -0.4 is 5.73 Å². The van der Waals surface area contributed by atoms with Crippen molar-refractivity contribution >= 4 is 17.3 Å². The maximum Gasteiger partial charge on any atom is 0.280 e. The average Bonchev–Trinajstić information content (AvgIpc) is 2.18. The van der Waals surface area contributed by atoms with Crippen molar-refractivity contribution in [3.8, 4) is 6.07 Å². The molecule has 0 amide bonds. The molecular formula is C9H8ClF2N3. The van der Waals surface area contributed by atoms with Gasteiger partial charge in [0.25, 0.3) is 6.43 Å². The topological polar surface area (TPSA) is 62.7 Å². The lowest BCUT2D eigenvalue weighted by Crippen LogP contribution is -2.06. The van der Waals surface area contributed by atoms with Crippen molar-refractivity contribution in [1.29, 1.82) is 5.26 Å². The van der Waals surface area contributed by atoms with E-state index in [1.54, 1.807) is 6.07 Å². The van der Waals surface area contributed by atoms with Crippen LogP contribution in [0.15, 0.2) is 6.20 Å². The first-order chi connectivity index (χ1) is 7.11. The highest BCUT2D eigenvalue weighted by Crippen LogP contribution is 2.28. The summed E-state index contributed by atoms with van der Waals surface area (Å²) in [4.78, 5) is 3.52. The lowest BCUT2D eigenvalue weighted by atomic mass is 10.0. The van der Waals surface area contributed by atoms with Crippen molar-refractivity contribution in [2.75, 3.05) is 5.73 Å². The summed E-state index contributed by atoms with van der Waals surface area (Å²) in [6.07, 6.45) is -1.75. The van der Waals surface area contributed by atoms with Gasteiger partial charge in [-0.2, -0.15) is 5.26 Å². The number of nitriles is 1. The standard InChI is InChI=1S/C9H8ClF2N3/c10-3-6-5(1-2-13)8(9(11)12)15-4-7(6)14/h4,9H,1,3,14H2. The predicted molar refractivity (Wildman–Crippen MR) is 52.5 cm³/mol. The highest BCUT2D eigenvalue weighted by Gasteiger charge is 2.19. The zero-order chi connectivity index (χ0) is 11.4. The molecule has 1 aromatic heterocycles. The summed E-state index contributed by atoms with van der Waals surface area (Å²) in [7, 11) is 0. The number of hydrogen-bond donors (Lipinski definition) is 1. The number of alkyl halides is 3. The third-order valence-corrected chi connectivity index (χ3v) is 2.23. The van der Waals surface area contributed by atoms with E-state index in [9.17, 15) is 8.78 Å². The summed E-state index contributed by atoms with van der Waals surface area (Å²) < 4.78 is 25.1. The van der Waals surface area contributed by atoms with Crippen molar-refractivity contribution in [3.63, 3.8) is 0 Å². The molecular weight excluding hydrogens is 224 g/mol. The fourth-order valence-corrected chi connectivity index (χ4v) is 1.56. The van der Waals surface area contributed by atoms with Gasteiger partial charge in [-0.1, -0.05) is 0 Å². The van der Waals surface area contributed by atoms with Crippen molar-refractivity contribution in [2.24, 2.45) is 0 Å². The molecule has 6 heteroatoms. The second-order valence-electron chi connectivity index (χ2n) is 2.83. The molecule has 1 aromatic rings. The second kappa shape index (κ2) is 4.89. The fourth-order valence-electron chi connectivity index (χ4n) is 1.25. The van der Waals surface area contributed by atoms with E-state index in [0.29, 0.717) is 5.56 Å². The maximum absolute atomic E-state index is 12.5. The molecule has 0 fully saturated rings. The monoisotopic (exact) mass is 231 g/mol. The van der Waals surface area contributed by atoms with Crippen molar-refractivity contribution in [2.45, 2.75) is 18.7 Å². The molecule has 80 valence electrons. The van der Waals surface area contributed by atoms with E-state index >= 15 is 0 Å². The minimum atomic E-state index is -2.73. The number of nitrogens with zero attached hydrogens (tertiary/aromatic N) is 2. The Labute approximate surface area is 90.5 Å². The highest BCUT2D eigenvalue weighted by atomic mass is 35.5. The van der Waals surface area contributed by atoms with Gasteiger partial charge in [-0.25, -0.2) is 8.78 Å². The first kappa shape index (κ1) is 11.7. The number of halogens is 3. The molecule has 0 aliphatic rings. The van der Waals surface area contributed by atoms with Gasteiger partial charge in [-0.3, -0.25) is 4.98 Å². The number of anilines is 1. The lowest BCUT2D eigenvalue weighted by molar-refractivity contribution is 0.145. The van der Waals surface area contributed by atoms with Gasteiger partial charge in [-0.15, -0.1) is 11.6 Å². The molecule has 0 saturated heterocycles. The first-order valence-corrected chi connectivity index (χ1v) is 4.62. The molecule has 0 aliphatic heterocycles. The summed E-state index contributed by atoms with van der Waals surface area (Å²) in [5.74, 6) is -0.00884. The Balaban J connectivity index is 3.36. The SMILES string of the molecule is N#CCc1c(C(F)F)ncc(N)c1CCl. The van der Waals surface area contributed by atoms with Crippen LogP contribution in [0, 0.1) is 11.3 Å². The second-order valence-corrected chi connectivity index (χ2v) is 3.09. The van der Waals surface area contributed by atoms with Crippen LogP contribution in [0.1, 0.15) is 23.2 Å².